The molecule has 4 nitrogen and oxygen atoms in total. The summed E-state index contributed by atoms with van der Waals surface area (Å²) < 4.78 is 2.00. The third-order valence-electron chi connectivity index (χ3n) is 3.84. The lowest BCUT2D eigenvalue weighted by Crippen LogP contribution is -2.42. The highest BCUT2D eigenvalue weighted by molar-refractivity contribution is 5.03. The number of hydrazine groups is 1. The van der Waals surface area contributed by atoms with Crippen LogP contribution in [0.15, 0.2) is 12.3 Å². The normalized spacial score (nSPS) is 19.6. The molecule has 0 bridgehead atoms. The second-order valence-electron chi connectivity index (χ2n) is 5.55. The molecule has 1 aromatic heterocycles. The van der Waals surface area contributed by atoms with Crippen LogP contribution in [0.5, 0.6) is 0 Å². The predicted octanol–water partition coefficient (Wildman–Crippen LogP) is 1.88. The molecule has 2 atom stereocenters. The van der Waals surface area contributed by atoms with E-state index in [2.05, 4.69) is 43.6 Å². The van der Waals surface area contributed by atoms with Gasteiger partial charge in [0, 0.05) is 24.7 Å². The van der Waals surface area contributed by atoms with Gasteiger partial charge in [-0.15, -0.1) is 0 Å². The van der Waals surface area contributed by atoms with Crippen LogP contribution in [0.4, 0.5) is 0 Å². The molecular weight excluding hydrogens is 212 g/mol. The highest BCUT2D eigenvalue weighted by atomic mass is 15.3. The van der Waals surface area contributed by atoms with E-state index in [9.17, 15) is 0 Å². The van der Waals surface area contributed by atoms with Crippen molar-refractivity contribution in [2.45, 2.75) is 52.1 Å². The number of aromatic nitrogens is 2. The van der Waals surface area contributed by atoms with Crippen LogP contribution in [0.1, 0.15) is 45.3 Å². The molecular formula is C13H24N4. The van der Waals surface area contributed by atoms with Gasteiger partial charge in [-0.2, -0.15) is 5.10 Å². The Morgan fingerprint density at radius 3 is 2.65 bits per heavy atom. The molecule has 4 heteroatoms. The molecule has 1 aromatic rings. The van der Waals surface area contributed by atoms with Crippen LogP contribution >= 0.6 is 0 Å². The highest BCUT2D eigenvalue weighted by Crippen LogP contribution is 2.38. The standard InChI is InChI=1S/C13H24N4/c1-9(2)17-7-6-12(16-17)8-13(15-14)10(3)11-4-5-11/h6-7,9-11,13,15H,4-5,8,14H2,1-3H3. The quantitative estimate of drug-likeness (QED) is 0.586. The molecule has 2 unspecified atom stereocenters. The van der Waals surface area contributed by atoms with Crippen molar-refractivity contribution in [2.24, 2.45) is 17.7 Å². The molecule has 0 saturated heterocycles. The molecule has 1 saturated carbocycles. The van der Waals surface area contributed by atoms with Crippen LogP contribution in [-0.4, -0.2) is 15.8 Å². The SMILES string of the molecule is CC(C1CC1)C(Cc1ccn(C(C)C)n1)NN. The van der Waals surface area contributed by atoms with Crippen LogP contribution in [0, 0.1) is 11.8 Å². The van der Waals surface area contributed by atoms with E-state index in [1.54, 1.807) is 0 Å². The Hall–Kier alpha value is -0.870. The third kappa shape index (κ3) is 3.07. The molecule has 2 rings (SSSR count). The molecule has 1 heterocycles. The lowest BCUT2D eigenvalue weighted by molar-refractivity contribution is 0.340. The molecule has 0 radical (unpaired) electrons. The average molecular weight is 236 g/mol. The zero-order valence-electron chi connectivity index (χ0n) is 11.1. The van der Waals surface area contributed by atoms with Gasteiger partial charge in [-0.1, -0.05) is 6.92 Å². The monoisotopic (exact) mass is 236 g/mol. The molecule has 1 aliphatic rings. The number of nitrogens with one attached hydrogen (secondary N) is 1. The average Bonchev–Trinajstić information content (AvgIpc) is 3.04. The van der Waals surface area contributed by atoms with Crippen LogP contribution in [0.3, 0.4) is 0 Å². The molecule has 17 heavy (non-hydrogen) atoms. The van der Waals surface area contributed by atoms with Crippen molar-refractivity contribution in [3.8, 4) is 0 Å². The molecule has 3 N–H and O–H groups in total. The minimum absolute atomic E-state index is 0.345. The minimum atomic E-state index is 0.345. The Balaban J connectivity index is 1.96. The lowest BCUT2D eigenvalue weighted by Gasteiger charge is -2.22. The molecule has 0 spiro atoms. The van der Waals surface area contributed by atoms with Gasteiger partial charge < -0.3 is 0 Å². The molecule has 0 aliphatic heterocycles. The van der Waals surface area contributed by atoms with Crippen LogP contribution in [-0.2, 0) is 6.42 Å². The summed E-state index contributed by atoms with van der Waals surface area (Å²) in [5, 5.41) is 4.58. The Morgan fingerprint density at radius 1 is 1.47 bits per heavy atom. The van der Waals surface area contributed by atoms with Crippen molar-refractivity contribution in [3.05, 3.63) is 18.0 Å². The van der Waals surface area contributed by atoms with Gasteiger partial charge in [0.15, 0.2) is 0 Å². The van der Waals surface area contributed by atoms with E-state index in [-0.39, 0.29) is 0 Å². The fourth-order valence-corrected chi connectivity index (χ4v) is 2.35. The minimum Gasteiger partial charge on any atom is -0.271 e. The summed E-state index contributed by atoms with van der Waals surface area (Å²) in [5.74, 6) is 7.18. The fraction of sp³-hybridized carbons (Fsp3) is 0.769. The first-order valence-electron chi connectivity index (χ1n) is 6.62. The van der Waals surface area contributed by atoms with Crippen molar-refractivity contribution in [2.75, 3.05) is 0 Å². The molecule has 0 amide bonds. The van der Waals surface area contributed by atoms with Crippen molar-refractivity contribution in [1.29, 1.82) is 0 Å². The number of hydrogen-bond donors (Lipinski definition) is 2. The number of nitrogens with two attached hydrogens (primary N) is 1. The summed E-state index contributed by atoms with van der Waals surface area (Å²) in [7, 11) is 0. The Labute approximate surface area is 104 Å². The van der Waals surface area contributed by atoms with E-state index in [0.29, 0.717) is 18.0 Å². The number of hydrogen-bond acceptors (Lipinski definition) is 3. The van der Waals surface area contributed by atoms with E-state index < -0.39 is 0 Å². The van der Waals surface area contributed by atoms with Crippen LogP contribution in [0.2, 0.25) is 0 Å². The first kappa shape index (κ1) is 12.6. The van der Waals surface area contributed by atoms with Crippen molar-refractivity contribution in [3.63, 3.8) is 0 Å². The van der Waals surface area contributed by atoms with Gasteiger partial charge in [-0.25, -0.2) is 0 Å². The van der Waals surface area contributed by atoms with Crippen molar-refractivity contribution < 1.29 is 0 Å². The maximum absolute atomic E-state index is 5.67. The van der Waals surface area contributed by atoms with E-state index >= 15 is 0 Å². The zero-order chi connectivity index (χ0) is 12.4. The van der Waals surface area contributed by atoms with Gasteiger partial charge in [0.2, 0.25) is 0 Å². The lowest BCUT2D eigenvalue weighted by atomic mass is 9.93. The Kier molecular flexibility index (Phi) is 3.84. The molecule has 0 aromatic carbocycles. The van der Waals surface area contributed by atoms with Gasteiger partial charge in [-0.05, 0) is 44.6 Å². The zero-order valence-corrected chi connectivity index (χ0v) is 11.1. The smallest absolute Gasteiger partial charge is 0.0640 e. The number of rotatable bonds is 6. The third-order valence-corrected chi connectivity index (χ3v) is 3.84. The molecule has 96 valence electrons. The largest absolute Gasteiger partial charge is 0.271 e. The van der Waals surface area contributed by atoms with Gasteiger partial charge in [0.05, 0.1) is 5.69 Å². The Morgan fingerprint density at radius 2 is 2.18 bits per heavy atom. The van der Waals surface area contributed by atoms with Gasteiger partial charge in [0.1, 0.15) is 0 Å². The summed E-state index contributed by atoms with van der Waals surface area (Å²) in [4.78, 5) is 0. The summed E-state index contributed by atoms with van der Waals surface area (Å²) >= 11 is 0. The summed E-state index contributed by atoms with van der Waals surface area (Å²) in [6, 6.07) is 2.87. The van der Waals surface area contributed by atoms with Crippen molar-refractivity contribution in [1.82, 2.24) is 15.2 Å². The maximum atomic E-state index is 5.67. The van der Waals surface area contributed by atoms with Gasteiger partial charge >= 0.3 is 0 Å². The summed E-state index contributed by atoms with van der Waals surface area (Å²) in [5.41, 5.74) is 4.09. The Bertz CT molecular complexity index is 354. The van der Waals surface area contributed by atoms with Crippen molar-refractivity contribution >= 4 is 0 Å². The van der Waals surface area contributed by atoms with E-state index in [1.807, 2.05) is 4.68 Å². The first-order valence-corrected chi connectivity index (χ1v) is 6.62. The van der Waals surface area contributed by atoms with E-state index in [0.717, 1.165) is 18.0 Å². The highest BCUT2D eigenvalue weighted by Gasteiger charge is 2.33. The second-order valence-corrected chi connectivity index (χ2v) is 5.55. The second kappa shape index (κ2) is 5.19. The van der Waals surface area contributed by atoms with Crippen LogP contribution in [0.25, 0.3) is 0 Å². The molecule has 1 aliphatic carbocycles. The number of nitrogens with zero attached hydrogens (tertiary/aromatic N) is 2. The van der Waals surface area contributed by atoms with Gasteiger partial charge in [0.25, 0.3) is 0 Å². The van der Waals surface area contributed by atoms with Gasteiger partial charge in [-0.3, -0.25) is 16.0 Å². The fourth-order valence-electron chi connectivity index (χ4n) is 2.35. The van der Waals surface area contributed by atoms with Crippen LogP contribution < -0.4 is 11.3 Å². The topological polar surface area (TPSA) is 55.9 Å². The summed E-state index contributed by atoms with van der Waals surface area (Å²) in [6.45, 7) is 6.58. The van der Waals surface area contributed by atoms with E-state index in [1.165, 1.54) is 12.8 Å². The van der Waals surface area contributed by atoms with E-state index in [4.69, 9.17) is 5.84 Å². The molecule has 1 fully saturated rings. The summed E-state index contributed by atoms with van der Waals surface area (Å²) in [6.07, 6.45) is 5.70. The first-order chi connectivity index (χ1) is 8.11. The predicted molar refractivity (Wildman–Crippen MR) is 69.3 cm³/mol. The maximum Gasteiger partial charge on any atom is 0.0640 e.